The molecule has 7 nitrogen and oxygen atoms in total. The largest absolute Gasteiger partial charge is 0.467 e. The lowest BCUT2D eigenvalue weighted by molar-refractivity contribution is -0.145. The van der Waals surface area contributed by atoms with Crippen LogP contribution in [0.4, 0.5) is 0 Å². The summed E-state index contributed by atoms with van der Waals surface area (Å²) in [6.45, 7) is -0.200. The van der Waals surface area contributed by atoms with E-state index in [1.54, 1.807) is 11.3 Å². The number of benzene rings is 1. The van der Waals surface area contributed by atoms with Crippen molar-refractivity contribution in [3.63, 3.8) is 0 Å². The van der Waals surface area contributed by atoms with Crippen molar-refractivity contribution >= 4 is 33.4 Å². The molecule has 1 atom stereocenters. The third-order valence-corrected chi connectivity index (χ3v) is 6.31. The first-order chi connectivity index (χ1) is 14.1. The van der Waals surface area contributed by atoms with Crippen molar-refractivity contribution in [2.75, 3.05) is 7.11 Å². The molecule has 2 aromatic heterocycles. The average molecular weight is 411 g/mol. The Kier molecular flexibility index (Phi) is 5.44. The molecule has 0 radical (unpaired) electrons. The topological polar surface area (TPSA) is 90.3 Å². The van der Waals surface area contributed by atoms with E-state index in [9.17, 15) is 14.4 Å². The zero-order valence-electron chi connectivity index (χ0n) is 16.0. The molecule has 0 saturated carbocycles. The van der Waals surface area contributed by atoms with Crippen LogP contribution in [0.3, 0.4) is 0 Å². The first-order valence-corrected chi connectivity index (χ1v) is 10.3. The second-order valence-corrected chi connectivity index (χ2v) is 8.13. The molecule has 1 aliphatic carbocycles. The van der Waals surface area contributed by atoms with Crippen LogP contribution in [0, 0.1) is 0 Å². The lowest BCUT2D eigenvalue weighted by Crippen LogP contribution is -2.45. The third kappa shape index (κ3) is 3.93. The number of ether oxygens (including phenoxy) is 1. The quantitative estimate of drug-likeness (QED) is 0.625. The number of hydrogen-bond donors (Lipinski definition) is 1. The molecule has 1 N–H and O–H groups in total. The minimum Gasteiger partial charge on any atom is -0.467 e. The van der Waals surface area contributed by atoms with Gasteiger partial charge in [-0.2, -0.15) is 0 Å². The highest BCUT2D eigenvalue weighted by atomic mass is 32.1. The molecule has 0 unspecified atom stereocenters. The zero-order valence-corrected chi connectivity index (χ0v) is 16.8. The Hall–Kier alpha value is -3.00. The smallest absolute Gasteiger partial charge is 0.328 e. The van der Waals surface area contributed by atoms with Crippen molar-refractivity contribution in [3.05, 3.63) is 63.0 Å². The van der Waals surface area contributed by atoms with Crippen molar-refractivity contribution in [1.29, 1.82) is 0 Å². The molecule has 29 heavy (non-hydrogen) atoms. The Morgan fingerprint density at radius 1 is 1.28 bits per heavy atom. The molecule has 0 fully saturated rings. The summed E-state index contributed by atoms with van der Waals surface area (Å²) in [5.74, 6) is -0.967. The summed E-state index contributed by atoms with van der Waals surface area (Å²) in [7, 11) is 1.28. The van der Waals surface area contributed by atoms with Crippen LogP contribution in [0.1, 0.15) is 22.4 Å². The van der Waals surface area contributed by atoms with E-state index in [1.807, 2.05) is 30.3 Å². The number of nitrogens with one attached hydrogen (secondary N) is 1. The van der Waals surface area contributed by atoms with Gasteiger partial charge in [0, 0.05) is 11.3 Å². The summed E-state index contributed by atoms with van der Waals surface area (Å²) < 4.78 is 6.13. The number of aromatic nitrogens is 2. The number of nitrogens with zero attached hydrogens (tertiary/aromatic N) is 2. The van der Waals surface area contributed by atoms with Gasteiger partial charge in [0.1, 0.15) is 17.4 Å². The second kappa shape index (κ2) is 8.16. The van der Waals surface area contributed by atoms with Gasteiger partial charge in [-0.1, -0.05) is 30.3 Å². The fourth-order valence-electron chi connectivity index (χ4n) is 3.71. The normalized spacial score (nSPS) is 13.8. The highest BCUT2D eigenvalue weighted by molar-refractivity contribution is 7.18. The monoisotopic (exact) mass is 411 g/mol. The van der Waals surface area contributed by atoms with Gasteiger partial charge in [-0.3, -0.25) is 14.2 Å². The number of hydrogen-bond acceptors (Lipinski definition) is 6. The van der Waals surface area contributed by atoms with Gasteiger partial charge in [0.25, 0.3) is 5.56 Å². The van der Waals surface area contributed by atoms with Gasteiger partial charge in [0.05, 0.1) is 18.8 Å². The van der Waals surface area contributed by atoms with Crippen molar-refractivity contribution < 1.29 is 14.3 Å². The van der Waals surface area contributed by atoms with Crippen LogP contribution in [-0.4, -0.2) is 34.6 Å². The molecule has 8 heteroatoms. The van der Waals surface area contributed by atoms with Crippen LogP contribution in [-0.2, 0) is 40.1 Å². The minimum absolute atomic E-state index is 0.200. The van der Waals surface area contributed by atoms with Gasteiger partial charge in [-0.25, -0.2) is 9.78 Å². The van der Waals surface area contributed by atoms with Gasteiger partial charge in [-0.05, 0) is 30.4 Å². The molecule has 0 saturated heterocycles. The maximum Gasteiger partial charge on any atom is 0.328 e. The lowest BCUT2D eigenvalue weighted by Gasteiger charge is -2.17. The maximum absolute atomic E-state index is 12.9. The van der Waals surface area contributed by atoms with E-state index in [0.717, 1.165) is 35.2 Å². The molecule has 0 spiro atoms. The first kappa shape index (κ1) is 19.3. The minimum atomic E-state index is -0.826. The number of fused-ring (bicyclic) bond motifs is 3. The number of esters is 1. The van der Waals surface area contributed by atoms with Crippen molar-refractivity contribution in [2.24, 2.45) is 0 Å². The Bertz CT molecular complexity index is 1120. The number of rotatable bonds is 6. The number of aryl methyl sites for hydroxylation is 2. The van der Waals surface area contributed by atoms with E-state index in [2.05, 4.69) is 10.3 Å². The van der Waals surface area contributed by atoms with E-state index in [-0.39, 0.29) is 12.1 Å². The number of methoxy groups -OCH3 is 1. The molecular weight excluding hydrogens is 390 g/mol. The Morgan fingerprint density at radius 2 is 2.07 bits per heavy atom. The van der Waals surface area contributed by atoms with Crippen molar-refractivity contribution in [2.45, 2.75) is 38.3 Å². The van der Waals surface area contributed by atoms with Gasteiger partial charge < -0.3 is 10.1 Å². The first-order valence-electron chi connectivity index (χ1n) is 9.47. The third-order valence-electron chi connectivity index (χ3n) is 5.11. The Balaban J connectivity index is 1.53. The molecule has 2 heterocycles. The summed E-state index contributed by atoms with van der Waals surface area (Å²) in [4.78, 5) is 43.9. The zero-order chi connectivity index (χ0) is 20.4. The highest BCUT2D eigenvalue weighted by Crippen LogP contribution is 2.34. The SMILES string of the molecule is COC(=O)[C@H](Cc1ccccc1)NC(=O)Cn1cnc2sc3c(c2c1=O)CCC3. The van der Waals surface area contributed by atoms with Gasteiger partial charge >= 0.3 is 5.97 Å². The maximum atomic E-state index is 12.9. The van der Waals surface area contributed by atoms with Crippen LogP contribution in [0.5, 0.6) is 0 Å². The Morgan fingerprint density at radius 3 is 2.83 bits per heavy atom. The van der Waals surface area contributed by atoms with Crippen molar-refractivity contribution in [1.82, 2.24) is 14.9 Å². The van der Waals surface area contributed by atoms with Crippen molar-refractivity contribution in [3.8, 4) is 0 Å². The molecule has 0 aliphatic heterocycles. The van der Waals surface area contributed by atoms with Crippen LogP contribution in [0.2, 0.25) is 0 Å². The van der Waals surface area contributed by atoms with E-state index in [1.165, 1.54) is 22.9 Å². The van der Waals surface area contributed by atoms with E-state index >= 15 is 0 Å². The van der Waals surface area contributed by atoms with Gasteiger partial charge in [0.2, 0.25) is 5.91 Å². The summed E-state index contributed by atoms with van der Waals surface area (Å²) in [6, 6.07) is 8.54. The number of carbonyl (C=O) groups excluding carboxylic acids is 2. The molecule has 3 aromatic rings. The molecule has 1 aromatic carbocycles. The van der Waals surface area contributed by atoms with Gasteiger partial charge in [0.15, 0.2) is 0 Å². The van der Waals surface area contributed by atoms with Crippen LogP contribution in [0.25, 0.3) is 10.2 Å². The number of carbonyl (C=O) groups is 2. The summed E-state index contributed by atoms with van der Waals surface area (Å²) in [5.41, 5.74) is 1.77. The molecule has 1 amide bonds. The van der Waals surface area contributed by atoms with E-state index in [0.29, 0.717) is 11.8 Å². The predicted molar refractivity (Wildman–Crippen MR) is 110 cm³/mol. The van der Waals surface area contributed by atoms with Crippen LogP contribution < -0.4 is 10.9 Å². The molecule has 1 aliphatic rings. The number of amides is 1. The predicted octanol–water partition coefficient (Wildman–Crippen LogP) is 1.85. The van der Waals surface area contributed by atoms with E-state index in [4.69, 9.17) is 4.74 Å². The Labute approximate surface area is 171 Å². The van der Waals surface area contributed by atoms with Crippen LogP contribution in [0.15, 0.2) is 41.5 Å². The number of thiophene rings is 1. The summed E-state index contributed by atoms with van der Waals surface area (Å²) in [5, 5.41) is 3.32. The lowest BCUT2D eigenvalue weighted by atomic mass is 10.1. The second-order valence-electron chi connectivity index (χ2n) is 7.05. The fraction of sp³-hybridized carbons (Fsp3) is 0.333. The molecule has 0 bridgehead atoms. The van der Waals surface area contributed by atoms with Gasteiger partial charge in [-0.15, -0.1) is 11.3 Å². The van der Waals surface area contributed by atoms with E-state index < -0.39 is 17.9 Å². The fourth-order valence-corrected chi connectivity index (χ4v) is 4.93. The summed E-state index contributed by atoms with van der Waals surface area (Å²) in [6.07, 6.45) is 4.62. The average Bonchev–Trinajstić information content (AvgIpc) is 3.31. The molecular formula is C21H21N3O4S. The summed E-state index contributed by atoms with van der Waals surface area (Å²) >= 11 is 1.56. The molecule has 150 valence electrons. The molecule has 4 rings (SSSR count). The van der Waals surface area contributed by atoms with Crippen LogP contribution >= 0.6 is 11.3 Å². The highest BCUT2D eigenvalue weighted by Gasteiger charge is 2.24. The standard InChI is InChI=1S/C21H21N3O4S/c1-28-21(27)15(10-13-6-3-2-4-7-13)23-17(25)11-24-12-22-19-18(20(24)26)14-8-5-9-16(14)29-19/h2-4,6-7,12,15H,5,8-11H2,1H3,(H,23,25)/t15-/m0/s1.